The number of hydrogen-bond acceptors (Lipinski definition) is 2. The Morgan fingerprint density at radius 1 is 1.62 bits per heavy atom. The molecule has 13 heavy (non-hydrogen) atoms. The lowest BCUT2D eigenvalue weighted by Gasteiger charge is -2.28. The molecule has 0 amide bonds. The van der Waals surface area contributed by atoms with E-state index in [4.69, 9.17) is 0 Å². The highest BCUT2D eigenvalue weighted by Gasteiger charge is 2.41. The molecule has 0 saturated heterocycles. The monoisotopic (exact) mass is 193 g/mol. The van der Waals surface area contributed by atoms with Gasteiger partial charge in [-0.1, -0.05) is 0 Å². The van der Waals surface area contributed by atoms with Crippen molar-refractivity contribution in [3.05, 3.63) is 10.1 Å². The maximum Gasteiger partial charge on any atom is 0.248 e. The smallest absolute Gasteiger partial charge is 0.248 e. The van der Waals surface area contributed by atoms with Gasteiger partial charge in [-0.15, -0.1) is 0 Å². The lowest BCUT2D eigenvalue weighted by molar-refractivity contribution is -0.529. The number of alkyl halides is 2. The predicted octanol–water partition coefficient (Wildman–Crippen LogP) is 2.48. The van der Waals surface area contributed by atoms with Gasteiger partial charge in [-0.2, -0.15) is 0 Å². The molecule has 1 fully saturated rings. The number of halogens is 2. The van der Waals surface area contributed by atoms with E-state index in [9.17, 15) is 18.9 Å². The first-order valence-electron chi connectivity index (χ1n) is 4.44. The van der Waals surface area contributed by atoms with Crippen molar-refractivity contribution >= 4 is 0 Å². The summed E-state index contributed by atoms with van der Waals surface area (Å²) in [5.41, 5.74) is 0. The third-order valence-corrected chi connectivity index (χ3v) is 2.69. The highest BCUT2D eigenvalue weighted by atomic mass is 19.3. The molecule has 0 N–H and O–H groups in total. The Morgan fingerprint density at radius 3 is 2.69 bits per heavy atom. The first kappa shape index (κ1) is 10.3. The van der Waals surface area contributed by atoms with Crippen molar-refractivity contribution < 1.29 is 13.7 Å². The quantitative estimate of drug-likeness (QED) is 0.499. The fraction of sp³-hybridized carbons (Fsp3) is 1.00. The minimum absolute atomic E-state index is 0.117. The third-order valence-electron chi connectivity index (χ3n) is 2.69. The molecule has 0 radical (unpaired) electrons. The van der Waals surface area contributed by atoms with Crippen molar-refractivity contribution in [3.63, 3.8) is 0 Å². The molecular formula is C8H13F2NO2. The molecule has 0 spiro atoms. The molecule has 0 aliphatic heterocycles. The molecule has 76 valence electrons. The Labute approximate surface area is 75.3 Å². The van der Waals surface area contributed by atoms with E-state index in [-0.39, 0.29) is 12.8 Å². The van der Waals surface area contributed by atoms with Crippen LogP contribution in [0.4, 0.5) is 8.78 Å². The number of rotatable bonds is 2. The Kier molecular flexibility index (Phi) is 2.83. The minimum atomic E-state index is -2.69. The average Bonchev–Trinajstić information content (AvgIpc) is 2.01. The van der Waals surface area contributed by atoms with E-state index < -0.39 is 22.8 Å². The Hall–Kier alpha value is -0.740. The molecule has 0 heterocycles. The molecule has 0 aromatic carbocycles. The number of nitro groups is 1. The van der Waals surface area contributed by atoms with Crippen LogP contribution in [0.25, 0.3) is 0 Å². The topological polar surface area (TPSA) is 43.1 Å². The van der Waals surface area contributed by atoms with Crippen LogP contribution >= 0.6 is 0 Å². The van der Waals surface area contributed by atoms with Crippen LogP contribution in [-0.4, -0.2) is 16.9 Å². The second-order valence-electron chi connectivity index (χ2n) is 3.74. The van der Waals surface area contributed by atoms with E-state index in [1.165, 1.54) is 6.92 Å². The van der Waals surface area contributed by atoms with Crippen molar-refractivity contribution in [2.75, 3.05) is 0 Å². The first-order chi connectivity index (χ1) is 5.92. The summed E-state index contributed by atoms with van der Waals surface area (Å²) in [4.78, 5) is 9.90. The second kappa shape index (κ2) is 3.55. The van der Waals surface area contributed by atoms with Crippen LogP contribution in [0.2, 0.25) is 0 Å². The molecule has 1 aliphatic carbocycles. The van der Waals surface area contributed by atoms with Crippen LogP contribution in [0.15, 0.2) is 0 Å². The van der Waals surface area contributed by atoms with Gasteiger partial charge in [0.2, 0.25) is 12.0 Å². The molecule has 0 bridgehead atoms. The van der Waals surface area contributed by atoms with E-state index in [0.717, 1.165) is 0 Å². The van der Waals surface area contributed by atoms with Gasteiger partial charge in [0.15, 0.2) is 0 Å². The van der Waals surface area contributed by atoms with Gasteiger partial charge in [-0.05, 0) is 12.8 Å². The molecule has 3 nitrogen and oxygen atoms in total. The second-order valence-corrected chi connectivity index (χ2v) is 3.74. The molecule has 1 aliphatic rings. The third kappa shape index (κ3) is 2.60. The zero-order chi connectivity index (χ0) is 10.1. The van der Waals surface area contributed by atoms with Crippen LogP contribution in [0.1, 0.15) is 32.6 Å². The highest BCUT2D eigenvalue weighted by molar-refractivity contribution is 4.81. The van der Waals surface area contributed by atoms with E-state index in [0.29, 0.717) is 12.8 Å². The fourth-order valence-electron chi connectivity index (χ4n) is 1.79. The molecule has 5 heteroatoms. The fourth-order valence-corrected chi connectivity index (χ4v) is 1.79. The molecule has 1 rings (SSSR count). The van der Waals surface area contributed by atoms with Gasteiger partial charge in [-0.25, -0.2) is 8.78 Å². The standard InChI is InChI=1S/C8H13F2NO2/c1-6(11(12)13)7-3-2-4-8(9,10)5-7/h6-7H,2-5H2,1H3. The van der Waals surface area contributed by atoms with Gasteiger partial charge < -0.3 is 0 Å². The maximum atomic E-state index is 12.9. The normalized spacial score (nSPS) is 29.6. The van der Waals surface area contributed by atoms with Crippen LogP contribution in [0.3, 0.4) is 0 Å². The largest absolute Gasteiger partial charge is 0.264 e. The van der Waals surface area contributed by atoms with Crippen LogP contribution < -0.4 is 0 Å². The van der Waals surface area contributed by atoms with Crippen LogP contribution in [-0.2, 0) is 0 Å². The minimum Gasteiger partial charge on any atom is -0.264 e. The van der Waals surface area contributed by atoms with Crippen molar-refractivity contribution in [2.24, 2.45) is 5.92 Å². The van der Waals surface area contributed by atoms with Gasteiger partial charge in [0, 0.05) is 30.6 Å². The molecule has 2 atom stereocenters. The summed E-state index contributed by atoms with van der Waals surface area (Å²) in [5, 5.41) is 10.4. The Morgan fingerprint density at radius 2 is 2.23 bits per heavy atom. The van der Waals surface area contributed by atoms with Crippen molar-refractivity contribution in [3.8, 4) is 0 Å². The lowest BCUT2D eigenvalue weighted by Crippen LogP contribution is -2.35. The maximum absolute atomic E-state index is 12.9. The number of nitrogens with zero attached hydrogens (tertiary/aromatic N) is 1. The van der Waals surface area contributed by atoms with Gasteiger partial charge in [0.25, 0.3) is 0 Å². The molecule has 0 aromatic heterocycles. The van der Waals surface area contributed by atoms with Gasteiger partial charge in [0.05, 0.1) is 0 Å². The zero-order valence-corrected chi connectivity index (χ0v) is 7.50. The van der Waals surface area contributed by atoms with Crippen LogP contribution in [0, 0.1) is 16.0 Å². The van der Waals surface area contributed by atoms with Crippen molar-refractivity contribution in [1.82, 2.24) is 0 Å². The van der Waals surface area contributed by atoms with Gasteiger partial charge in [0.1, 0.15) is 0 Å². The molecular weight excluding hydrogens is 180 g/mol. The summed E-state index contributed by atoms with van der Waals surface area (Å²) in [6.07, 6.45) is 0.511. The SMILES string of the molecule is CC(C1CCCC(F)(F)C1)[N+](=O)[O-]. The van der Waals surface area contributed by atoms with E-state index >= 15 is 0 Å². The average molecular weight is 193 g/mol. The Bertz CT molecular complexity index is 208. The van der Waals surface area contributed by atoms with E-state index in [2.05, 4.69) is 0 Å². The molecule has 0 aromatic rings. The zero-order valence-electron chi connectivity index (χ0n) is 7.50. The van der Waals surface area contributed by atoms with E-state index in [1.54, 1.807) is 0 Å². The van der Waals surface area contributed by atoms with Crippen molar-refractivity contribution in [2.45, 2.75) is 44.6 Å². The summed E-state index contributed by atoms with van der Waals surface area (Å²) in [5.74, 6) is -3.15. The summed E-state index contributed by atoms with van der Waals surface area (Å²) in [6, 6.07) is -0.842. The summed E-state index contributed by atoms with van der Waals surface area (Å²) in [6.45, 7) is 1.41. The van der Waals surface area contributed by atoms with Crippen LogP contribution in [0.5, 0.6) is 0 Å². The summed E-state index contributed by atoms with van der Waals surface area (Å²) in [7, 11) is 0. The Balaban J connectivity index is 2.56. The van der Waals surface area contributed by atoms with Gasteiger partial charge in [-0.3, -0.25) is 10.1 Å². The van der Waals surface area contributed by atoms with Gasteiger partial charge >= 0.3 is 0 Å². The van der Waals surface area contributed by atoms with Crippen molar-refractivity contribution in [1.29, 1.82) is 0 Å². The molecule has 2 unspecified atom stereocenters. The lowest BCUT2D eigenvalue weighted by atomic mass is 9.82. The van der Waals surface area contributed by atoms with E-state index in [1.807, 2.05) is 0 Å². The highest BCUT2D eigenvalue weighted by Crippen LogP contribution is 2.38. The summed E-state index contributed by atoms with van der Waals surface area (Å²) >= 11 is 0. The first-order valence-corrected chi connectivity index (χ1v) is 4.44. The number of hydrogen-bond donors (Lipinski definition) is 0. The molecule has 1 saturated carbocycles. The predicted molar refractivity (Wildman–Crippen MR) is 43.4 cm³/mol. The summed E-state index contributed by atoms with van der Waals surface area (Å²) < 4.78 is 25.7.